The summed E-state index contributed by atoms with van der Waals surface area (Å²) in [6.07, 6.45) is 0. The van der Waals surface area contributed by atoms with Gasteiger partial charge >= 0.3 is 0 Å². The van der Waals surface area contributed by atoms with Crippen LogP contribution in [0.25, 0.3) is 21.5 Å². The summed E-state index contributed by atoms with van der Waals surface area (Å²) >= 11 is 43.3. The second-order valence-electron chi connectivity index (χ2n) is 4.33. The fourth-order valence-corrected chi connectivity index (χ4v) is 3.96. The van der Waals surface area contributed by atoms with Crippen LogP contribution in [-0.4, -0.2) is 0 Å². The number of fused-ring (bicyclic) bond motifs is 3. The van der Waals surface area contributed by atoms with Crippen molar-refractivity contribution in [2.24, 2.45) is 0 Å². The van der Waals surface area contributed by atoms with Gasteiger partial charge in [0.25, 0.3) is 0 Å². The first-order valence-electron chi connectivity index (χ1n) is 5.56. The van der Waals surface area contributed by atoms with E-state index >= 15 is 0 Å². The Morgan fingerprint density at radius 2 is 1.10 bits per heavy atom. The Morgan fingerprint density at radius 1 is 0.524 bits per heavy atom. The van der Waals surface area contributed by atoms with Gasteiger partial charge in [0.2, 0.25) is 0 Å². The molecule has 0 fully saturated rings. The third-order valence-electron chi connectivity index (χ3n) is 3.18. The lowest BCUT2D eigenvalue weighted by Gasteiger charge is -2.13. The highest BCUT2D eigenvalue weighted by atomic mass is 35.5. The largest absolute Gasteiger partial charge is 0.0826 e. The molecule has 0 nitrogen and oxygen atoms in total. The molecule has 0 bridgehead atoms. The molecule has 3 rings (SSSR count). The van der Waals surface area contributed by atoms with Gasteiger partial charge in [0.05, 0.1) is 35.2 Å². The minimum Gasteiger partial charge on any atom is -0.0826 e. The highest BCUT2D eigenvalue weighted by Crippen LogP contribution is 2.48. The molecule has 108 valence electrons. The van der Waals surface area contributed by atoms with Crippen LogP contribution in [0, 0.1) is 0 Å². The van der Waals surface area contributed by atoms with Crippen LogP contribution in [0.3, 0.4) is 0 Å². The Hall–Kier alpha value is 0.210. The van der Waals surface area contributed by atoms with Gasteiger partial charge < -0.3 is 0 Å². The van der Waals surface area contributed by atoms with Gasteiger partial charge in [0.1, 0.15) is 0 Å². The van der Waals surface area contributed by atoms with Crippen molar-refractivity contribution in [3.8, 4) is 0 Å². The first-order chi connectivity index (χ1) is 9.84. The fraction of sp³-hybridized carbons (Fsp3) is 0. The quantitative estimate of drug-likeness (QED) is 0.194. The van der Waals surface area contributed by atoms with E-state index in [0.29, 0.717) is 31.2 Å². The molecule has 7 heteroatoms. The van der Waals surface area contributed by atoms with Gasteiger partial charge in [-0.15, -0.1) is 0 Å². The summed E-state index contributed by atoms with van der Waals surface area (Å²) in [5.74, 6) is 0. The topological polar surface area (TPSA) is 0 Å². The number of benzene rings is 3. The van der Waals surface area contributed by atoms with E-state index in [4.69, 9.17) is 81.2 Å². The summed E-state index contributed by atoms with van der Waals surface area (Å²) in [6, 6.07) is 5.31. The maximum atomic E-state index is 6.34. The third kappa shape index (κ3) is 2.37. The van der Waals surface area contributed by atoms with Crippen molar-refractivity contribution in [2.45, 2.75) is 0 Å². The zero-order valence-corrected chi connectivity index (χ0v) is 15.2. The van der Waals surface area contributed by atoms with Crippen LogP contribution in [0.15, 0.2) is 18.2 Å². The average molecular weight is 419 g/mol. The molecule has 0 heterocycles. The SMILES string of the molecule is Clc1cc2ccc3c(Cl)c(Cl)c(Cl)c(Cl)c3c2c(Cl)c1Cl. The van der Waals surface area contributed by atoms with Crippen molar-refractivity contribution in [1.82, 2.24) is 0 Å². The molecule has 21 heavy (non-hydrogen) atoms. The van der Waals surface area contributed by atoms with Gasteiger partial charge in [-0.25, -0.2) is 0 Å². The lowest BCUT2D eigenvalue weighted by Crippen LogP contribution is -1.86. The molecule has 0 unspecified atom stereocenters. The standard InChI is InChI=1S/C14H3Cl7/c15-6-3-4-1-2-5-8(7(4)11(18)10(6)17)12(19)14(21)13(20)9(5)16/h1-3H. The lowest BCUT2D eigenvalue weighted by molar-refractivity contribution is 1.75. The molecule has 3 aromatic carbocycles. The van der Waals surface area contributed by atoms with Crippen molar-refractivity contribution in [1.29, 1.82) is 0 Å². The highest BCUT2D eigenvalue weighted by molar-refractivity contribution is 6.57. The van der Waals surface area contributed by atoms with Crippen LogP contribution in [0.1, 0.15) is 0 Å². The van der Waals surface area contributed by atoms with E-state index in [1.807, 2.05) is 6.07 Å². The molecule has 0 aliphatic rings. The Labute approximate surface area is 155 Å². The molecule has 3 aromatic rings. The van der Waals surface area contributed by atoms with Gasteiger partial charge in [-0.3, -0.25) is 0 Å². The Balaban J connectivity index is 2.70. The van der Waals surface area contributed by atoms with Gasteiger partial charge in [0.15, 0.2) is 0 Å². The molecule has 0 aromatic heterocycles. The van der Waals surface area contributed by atoms with Crippen LogP contribution >= 0.6 is 81.2 Å². The molecule has 0 aliphatic heterocycles. The molecule has 0 amide bonds. The number of rotatable bonds is 0. The van der Waals surface area contributed by atoms with E-state index in [1.54, 1.807) is 12.1 Å². The molecular formula is C14H3Cl7. The second kappa shape index (κ2) is 5.69. The zero-order valence-electron chi connectivity index (χ0n) is 9.88. The lowest BCUT2D eigenvalue weighted by atomic mass is 10.0. The molecule has 0 radical (unpaired) electrons. The number of halogens is 7. The summed E-state index contributed by atoms with van der Waals surface area (Å²) < 4.78 is 0. The van der Waals surface area contributed by atoms with Crippen LogP contribution < -0.4 is 0 Å². The predicted octanol–water partition coefficient (Wildman–Crippen LogP) is 8.57. The van der Waals surface area contributed by atoms with Crippen molar-refractivity contribution < 1.29 is 0 Å². The monoisotopic (exact) mass is 416 g/mol. The second-order valence-corrected chi connectivity index (χ2v) is 7.00. The average Bonchev–Trinajstić information content (AvgIpc) is 2.47. The van der Waals surface area contributed by atoms with Crippen molar-refractivity contribution >= 4 is 103 Å². The first kappa shape index (κ1) is 16.1. The van der Waals surface area contributed by atoms with Crippen LogP contribution in [0.4, 0.5) is 0 Å². The van der Waals surface area contributed by atoms with E-state index in [0.717, 1.165) is 5.39 Å². The molecule has 0 N–H and O–H groups in total. The van der Waals surface area contributed by atoms with Crippen molar-refractivity contribution in [3.63, 3.8) is 0 Å². The maximum Gasteiger partial charge on any atom is 0.0800 e. The summed E-state index contributed by atoms with van der Waals surface area (Å²) in [4.78, 5) is 0. The van der Waals surface area contributed by atoms with Gasteiger partial charge in [-0.05, 0) is 11.5 Å². The third-order valence-corrected chi connectivity index (χ3v) is 6.25. The van der Waals surface area contributed by atoms with E-state index < -0.39 is 0 Å². The summed E-state index contributed by atoms with van der Waals surface area (Å²) in [7, 11) is 0. The molecule has 0 saturated heterocycles. The van der Waals surface area contributed by atoms with E-state index in [9.17, 15) is 0 Å². The summed E-state index contributed by atoms with van der Waals surface area (Å²) in [5.41, 5.74) is 0. The minimum atomic E-state index is 0.172. The van der Waals surface area contributed by atoms with Gasteiger partial charge in [-0.1, -0.05) is 93.3 Å². The first-order valence-corrected chi connectivity index (χ1v) is 8.21. The van der Waals surface area contributed by atoms with Crippen LogP contribution in [0.5, 0.6) is 0 Å². The highest BCUT2D eigenvalue weighted by Gasteiger charge is 2.19. The van der Waals surface area contributed by atoms with Crippen molar-refractivity contribution in [3.05, 3.63) is 53.4 Å². The molecule has 0 spiro atoms. The van der Waals surface area contributed by atoms with E-state index in [1.165, 1.54) is 0 Å². The molecule has 0 atom stereocenters. The fourth-order valence-electron chi connectivity index (χ4n) is 2.22. The van der Waals surface area contributed by atoms with Crippen LogP contribution in [-0.2, 0) is 0 Å². The van der Waals surface area contributed by atoms with E-state index in [2.05, 4.69) is 0 Å². The normalized spacial score (nSPS) is 11.6. The Morgan fingerprint density at radius 3 is 1.76 bits per heavy atom. The smallest absolute Gasteiger partial charge is 0.0800 e. The molecule has 0 saturated carbocycles. The van der Waals surface area contributed by atoms with Gasteiger partial charge in [-0.2, -0.15) is 0 Å². The Bertz CT molecular complexity index is 915. The van der Waals surface area contributed by atoms with Crippen LogP contribution in [0.2, 0.25) is 35.2 Å². The maximum absolute atomic E-state index is 6.34. The van der Waals surface area contributed by atoms with Crippen molar-refractivity contribution in [2.75, 3.05) is 0 Å². The minimum absolute atomic E-state index is 0.172. The number of hydrogen-bond acceptors (Lipinski definition) is 0. The zero-order chi connectivity index (χ0) is 15.5. The van der Waals surface area contributed by atoms with E-state index in [-0.39, 0.29) is 20.1 Å². The molecule has 0 aliphatic carbocycles. The summed E-state index contributed by atoms with van der Waals surface area (Å²) in [6.45, 7) is 0. The Kier molecular flexibility index (Phi) is 4.36. The summed E-state index contributed by atoms with van der Waals surface area (Å²) in [5, 5.41) is 4.50. The molecular weight excluding hydrogens is 416 g/mol. The predicted molar refractivity (Wildman–Crippen MR) is 96.5 cm³/mol. The van der Waals surface area contributed by atoms with Gasteiger partial charge in [0, 0.05) is 16.2 Å². The number of hydrogen-bond donors (Lipinski definition) is 0.